The molecular weight excluding hydrogens is 340 g/mol. The minimum absolute atomic E-state index is 0.404. The Kier molecular flexibility index (Phi) is 5.61. The van der Waals surface area contributed by atoms with E-state index in [1.54, 1.807) is 0 Å². The van der Waals surface area contributed by atoms with E-state index in [4.69, 9.17) is 11.6 Å². The first-order chi connectivity index (χ1) is 11.6. The number of H-pyrrole nitrogens is 1. The van der Waals surface area contributed by atoms with Gasteiger partial charge >= 0.3 is 0 Å². The summed E-state index contributed by atoms with van der Waals surface area (Å²) in [6.07, 6.45) is 3.11. The van der Waals surface area contributed by atoms with Crippen LogP contribution in [0.15, 0.2) is 59.6 Å². The first kappa shape index (κ1) is 17.1. The molecule has 1 heterocycles. The monoisotopic (exact) mass is 358 g/mol. The molecule has 0 spiro atoms. The van der Waals surface area contributed by atoms with Crippen molar-refractivity contribution in [2.45, 2.75) is 17.9 Å². The van der Waals surface area contributed by atoms with Crippen molar-refractivity contribution in [1.29, 1.82) is 0 Å². The lowest BCUT2D eigenvalue weighted by Crippen LogP contribution is -2.20. The van der Waals surface area contributed by atoms with Crippen molar-refractivity contribution < 1.29 is 4.79 Å². The van der Waals surface area contributed by atoms with Crippen LogP contribution in [0.3, 0.4) is 0 Å². The van der Waals surface area contributed by atoms with Gasteiger partial charge in [0.1, 0.15) is 0 Å². The highest BCUT2D eigenvalue weighted by atomic mass is 35.5. The highest BCUT2D eigenvalue weighted by Gasteiger charge is 2.06. The number of thioether (sulfide) groups is 1. The first-order valence-electron chi connectivity index (χ1n) is 7.81. The Morgan fingerprint density at radius 1 is 1.17 bits per heavy atom. The number of fused-ring (bicyclic) bond motifs is 1. The van der Waals surface area contributed by atoms with Crippen LogP contribution >= 0.6 is 23.4 Å². The molecule has 1 N–H and O–H groups in total. The van der Waals surface area contributed by atoms with Crippen molar-refractivity contribution in [1.82, 2.24) is 9.88 Å². The Hall–Kier alpha value is -1.75. The van der Waals surface area contributed by atoms with Gasteiger partial charge in [-0.1, -0.05) is 30.3 Å². The zero-order valence-electron chi connectivity index (χ0n) is 13.5. The molecule has 3 rings (SSSR count). The van der Waals surface area contributed by atoms with Gasteiger partial charge in [0.05, 0.1) is 0 Å². The molecule has 0 fully saturated rings. The second-order valence-electron chi connectivity index (χ2n) is 5.83. The van der Waals surface area contributed by atoms with Crippen LogP contribution in [0.1, 0.15) is 11.1 Å². The van der Waals surface area contributed by atoms with E-state index in [9.17, 15) is 4.79 Å². The first-order valence-corrected chi connectivity index (χ1v) is 9.01. The van der Waals surface area contributed by atoms with Crippen molar-refractivity contribution in [2.24, 2.45) is 0 Å². The number of para-hydroxylation sites is 1. The fraction of sp³-hybridized carbons (Fsp3) is 0.211. The van der Waals surface area contributed by atoms with Gasteiger partial charge in [-0.05, 0) is 66.2 Å². The molecule has 0 saturated heterocycles. The van der Waals surface area contributed by atoms with Crippen molar-refractivity contribution in [2.75, 3.05) is 13.6 Å². The summed E-state index contributed by atoms with van der Waals surface area (Å²) in [5, 5.41) is 1.30. The number of carbonyl (C=O) groups is 1. The molecule has 124 valence electrons. The summed E-state index contributed by atoms with van der Waals surface area (Å²) in [5.41, 5.74) is 3.77. The van der Waals surface area contributed by atoms with Crippen LogP contribution in [-0.2, 0) is 13.0 Å². The van der Waals surface area contributed by atoms with Gasteiger partial charge in [0.25, 0.3) is 4.57 Å². The molecule has 24 heavy (non-hydrogen) atoms. The summed E-state index contributed by atoms with van der Waals surface area (Å²) in [4.78, 5) is 17.4. The molecule has 0 aliphatic rings. The average molecular weight is 359 g/mol. The van der Waals surface area contributed by atoms with Crippen molar-refractivity contribution in [3.63, 3.8) is 0 Å². The molecule has 5 heteroatoms. The maximum atomic E-state index is 10.9. The van der Waals surface area contributed by atoms with Gasteiger partial charge in [-0.15, -0.1) is 0 Å². The lowest BCUT2D eigenvalue weighted by atomic mass is 10.1. The molecule has 0 atom stereocenters. The van der Waals surface area contributed by atoms with Gasteiger partial charge in [0.2, 0.25) is 0 Å². The maximum Gasteiger partial charge on any atom is 0.284 e. The van der Waals surface area contributed by atoms with E-state index in [0.717, 1.165) is 36.2 Å². The summed E-state index contributed by atoms with van der Waals surface area (Å²) >= 11 is 6.43. The summed E-state index contributed by atoms with van der Waals surface area (Å²) in [5.74, 6) is 0. The molecule has 0 unspecified atom stereocenters. The number of hydrogen-bond acceptors (Lipinski definition) is 3. The van der Waals surface area contributed by atoms with Crippen molar-refractivity contribution >= 4 is 38.8 Å². The molecule has 1 aromatic heterocycles. The second kappa shape index (κ2) is 7.88. The fourth-order valence-electron chi connectivity index (χ4n) is 2.80. The molecule has 0 aliphatic heterocycles. The van der Waals surface area contributed by atoms with E-state index < -0.39 is 4.57 Å². The Balaban J connectivity index is 1.55. The fourth-order valence-corrected chi connectivity index (χ4v) is 3.52. The number of aromatic nitrogens is 1. The van der Waals surface area contributed by atoms with Crippen LogP contribution in [0.2, 0.25) is 0 Å². The number of benzene rings is 2. The van der Waals surface area contributed by atoms with Crippen LogP contribution in [0.25, 0.3) is 10.9 Å². The zero-order valence-corrected chi connectivity index (χ0v) is 15.0. The SMILES string of the molecule is CN(CCc1c[nH]c2ccccc12)Cc1ccc(SC(=O)Cl)cc1. The zero-order chi connectivity index (χ0) is 16.9. The van der Waals surface area contributed by atoms with Crippen LogP contribution in [0.5, 0.6) is 0 Å². The summed E-state index contributed by atoms with van der Waals surface area (Å²) < 4.78 is -0.404. The quantitative estimate of drug-likeness (QED) is 0.480. The number of likely N-dealkylation sites (N-methyl/N-ethyl adjacent to an activating group) is 1. The highest BCUT2D eigenvalue weighted by molar-refractivity contribution is 8.16. The Labute approximate surface area is 151 Å². The number of aromatic amines is 1. The number of carbonyl (C=O) groups excluding carboxylic acids is 1. The van der Waals surface area contributed by atoms with Crippen LogP contribution in [0, 0.1) is 0 Å². The largest absolute Gasteiger partial charge is 0.361 e. The Morgan fingerprint density at radius 3 is 2.67 bits per heavy atom. The number of rotatable bonds is 6. The number of hydrogen-bond donors (Lipinski definition) is 1. The molecule has 0 saturated carbocycles. The summed E-state index contributed by atoms with van der Waals surface area (Å²) in [6.45, 7) is 1.86. The number of nitrogens with one attached hydrogen (secondary N) is 1. The van der Waals surface area contributed by atoms with E-state index >= 15 is 0 Å². The van der Waals surface area contributed by atoms with E-state index in [1.165, 1.54) is 22.0 Å². The Bertz CT molecular complexity index is 829. The smallest absolute Gasteiger partial charge is 0.284 e. The maximum absolute atomic E-state index is 10.9. The molecule has 0 amide bonds. The Morgan fingerprint density at radius 2 is 1.92 bits per heavy atom. The lowest BCUT2D eigenvalue weighted by Gasteiger charge is -2.16. The third-order valence-electron chi connectivity index (χ3n) is 4.01. The molecule has 0 aliphatic carbocycles. The number of halogens is 1. The van der Waals surface area contributed by atoms with Gasteiger partial charge < -0.3 is 9.88 Å². The second-order valence-corrected chi connectivity index (χ2v) is 7.44. The van der Waals surface area contributed by atoms with Gasteiger partial charge in [-0.2, -0.15) is 0 Å². The van der Waals surface area contributed by atoms with Gasteiger partial charge in [0.15, 0.2) is 0 Å². The molecular formula is C19H19ClN2OS. The van der Waals surface area contributed by atoms with E-state index in [2.05, 4.69) is 47.4 Å². The van der Waals surface area contributed by atoms with E-state index in [1.807, 2.05) is 24.3 Å². The lowest BCUT2D eigenvalue weighted by molar-refractivity contribution is 0.276. The predicted octanol–water partition coefficient (Wildman–Crippen LogP) is 5.29. The summed E-state index contributed by atoms with van der Waals surface area (Å²) in [7, 11) is 2.12. The van der Waals surface area contributed by atoms with Crippen molar-refractivity contribution in [3.05, 3.63) is 65.9 Å². The van der Waals surface area contributed by atoms with Gasteiger partial charge in [-0.25, -0.2) is 0 Å². The minimum atomic E-state index is -0.404. The highest BCUT2D eigenvalue weighted by Crippen LogP contribution is 2.22. The van der Waals surface area contributed by atoms with E-state index in [0.29, 0.717) is 0 Å². The van der Waals surface area contributed by atoms with Crippen LogP contribution in [-0.4, -0.2) is 28.1 Å². The standard InChI is InChI=1S/C19H19ClN2OS/c1-22(13-14-6-8-16(9-7-14)24-19(20)23)11-10-15-12-21-18-5-3-2-4-17(15)18/h2-9,12,21H,10-11,13H2,1H3. The molecule has 3 aromatic rings. The summed E-state index contributed by atoms with van der Waals surface area (Å²) in [6, 6.07) is 16.4. The predicted molar refractivity (Wildman–Crippen MR) is 102 cm³/mol. The van der Waals surface area contributed by atoms with Gasteiger partial charge in [0, 0.05) is 35.1 Å². The number of nitrogens with zero attached hydrogens (tertiary/aromatic N) is 1. The molecule has 0 bridgehead atoms. The third-order valence-corrected chi connectivity index (χ3v) is 4.91. The van der Waals surface area contributed by atoms with Gasteiger partial charge in [-0.3, -0.25) is 4.79 Å². The third kappa shape index (κ3) is 4.41. The topological polar surface area (TPSA) is 36.1 Å². The molecule has 3 nitrogen and oxygen atoms in total. The van der Waals surface area contributed by atoms with Crippen LogP contribution in [0.4, 0.5) is 4.79 Å². The van der Waals surface area contributed by atoms with E-state index in [-0.39, 0.29) is 0 Å². The minimum Gasteiger partial charge on any atom is -0.361 e. The molecule has 0 radical (unpaired) electrons. The average Bonchev–Trinajstić information content (AvgIpc) is 2.98. The molecule has 2 aromatic carbocycles. The van der Waals surface area contributed by atoms with Crippen molar-refractivity contribution in [3.8, 4) is 0 Å². The van der Waals surface area contributed by atoms with Crippen LogP contribution < -0.4 is 0 Å². The normalized spacial score (nSPS) is 11.3.